The van der Waals surface area contributed by atoms with Gasteiger partial charge in [-0.1, -0.05) is 5.16 Å². The molecule has 8 heteroatoms. The summed E-state index contributed by atoms with van der Waals surface area (Å²) in [6, 6.07) is 9.65. The van der Waals surface area contributed by atoms with Gasteiger partial charge in [0.25, 0.3) is 5.91 Å². The van der Waals surface area contributed by atoms with E-state index in [9.17, 15) is 4.79 Å². The molecule has 1 amide bonds. The topological polar surface area (TPSA) is 73.0 Å². The van der Waals surface area contributed by atoms with Crippen molar-refractivity contribution in [1.82, 2.24) is 19.5 Å². The monoisotopic (exact) mass is 438 g/mol. The number of aryl methyl sites for hydroxylation is 2. The van der Waals surface area contributed by atoms with Gasteiger partial charge in [-0.15, -0.1) is 0 Å². The molecule has 0 atom stereocenters. The molecule has 0 aliphatic carbocycles. The molecule has 2 aromatic heterocycles. The molecule has 170 valence electrons. The zero-order valence-electron chi connectivity index (χ0n) is 19.3. The normalized spacial score (nSPS) is 14.6. The number of carbonyl (C=O) groups excluding carboxylic acids is 1. The Kier molecular flexibility index (Phi) is 6.23. The fraction of sp³-hybridized carbons (Fsp3) is 0.417. The smallest absolute Gasteiger partial charge is 0.255 e. The van der Waals surface area contributed by atoms with Crippen LogP contribution < -0.4 is 9.47 Å². The Morgan fingerprint density at radius 2 is 1.78 bits per heavy atom. The molecule has 0 spiro atoms. The Labute approximate surface area is 188 Å². The van der Waals surface area contributed by atoms with Gasteiger partial charge in [-0.3, -0.25) is 14.3 Å². The first-order valence-electron chi connectivity index (χ1n) is 10.8. The van der Waals surface area contributed by atoms with Crippen LogP contribution in [0.5, 0.6) is 11.5 Å². The molecule has 8 nitrogen and oxygen atoms in total. The molecular formula is C24H30N4O4. The number of benzene rings is 1. The third-order valence-corrected chi connectivity index (χ3v) is 6.05. The van der Waals surface area contributed by atoms with Crippen molar-refractivity contribution in [3.63, 3.8) is 0 Å². The lowest BCUT2D eigenvalue weighted by molar-refractivity contribution is 0.0626. The van der Waals surface area contributed by atoms with Crippen LogP contribution in [0.1, 0.15) is 33.1 Å². The lowest BCUT2D eigenvalue weighted by atomic mass is 10.1. The lowest BCUT2D eigenvalue weighted by Crippen LogP contribution is -2.48. The Hall–Kier alpha value is -3.26. The largest absolute Gasteiger partial charge is 0.497 e. The van der Waals surface area contributed by atoms with Crippen LogP contribution in [0.2, 0.25) is 0 Å². The molecule has 3 aromatic rings. The minimum atomic E-state index is 0.0585. The summed E-state index contributed by atoms with van der Waals surface area (Å²) in [5, 5.41) is 4.11. The predicted octanol–water partition coefficient (Wildman–Crippen LogP) is 3.37. The number of piperazine rings is 1. The van der Waals surface area contributed by atoms with Crippen LogP contribution in [0.3, 0.4) is 0 Å². The Morgan fingerprint density at radius 3 is 2.41 bits per heavy atom. The molecule has 0 bridgehead atoms. The summed E-state index contributed by atoms with van der Waals surface area (Å²) >= 11 is 0. The van der Waals surface area contributed by atoms with E-state index in [1.54, 1.807) is 14.2 Å². The molecule has 0 saturated carbocycles. The fourth-order valence-electron chi connectivity index (χ4n) is 4.32. The highest BCUT2D eigenvalue weighted by molar-refractivity contribution is 5.96. The zero-order chi connectivity index (χ0) is 22.8. The third kappa shape index (κ3) is 4.23. The minimum absolute atomic E-state index is 0.0585. The standard InChI is InChI=1S/C24H30N4O4/c1-16-12-21(18(3)28(16)23-13-17(2)32-25-23)24(29)27-10-8-26(9-11-27)15-19-14-20(30-4)6-7-22(19)31-5/h6-7,12-14H,8-11,15H2,1-5H3. The van der Waals surface area contributed by atoms with E-state index >= 15 is 0 Å². The number of methoxy groups -OCH3 is 2. The van der Waals surface area contributed by atoms with Crippen LogP contribution >= 0.6 is 0 Å². The molecule has 1 aromatic carbocycles. The highest BCUT2D eigenvalue weighted by Gasteiger charge is 2.26. The van der Waals surface area contributed by atoms with Gasteiger partial charge >= 0.3 is 0 Å². The van der Waals surface area contributed by atoms with Crippen LogP contribution in [-0.2, 0) is 6.54 Å². The SMILES string of the molecule is COc1ccc(OC)c(CN2CCN(C(=O)c3cc(C)n(-c4cc(C)on4)c3C)CC2)c1. The minimum Gasteiger partial charge on any atom is -0.497 e. The first-order valence-corrected chi connectivity index (χ1v) is 10.8. The van der Waals surface area contributed by atoms with E-state index in [0.29, 0.717) is 24.5 Å². The number of amides is 1. The molecule has 1 saturated heterocycles. The summed E-state index contributed by atoms with van der Waals surface area (Å²) in [4.78, 5) is 17.6. The maximum absolute atomic E-state index is 13.3. The fourth-order valence-corrected chi connectivity index (χ4v) is 4.32. The average molecular weight is 439 g/mol. The van der Waals surface area contributed by atoms with Crippen LogP contribution in [0, 0.1) is 20.8 Å². The summed E-state index contributed by atoms with van der Waals surface area (Å²) in [7, 11) is 3.34. The molecule has 32 heavy (non-hydrogen) atoms. The van der Waals surface area contributed by atoms with Gasteiger partial charge in [-0.25, -0.2) is 0 Å². The summed E-state index contributed by atoms with van der Waals surface area (Å²) in [5.41, 5.74) is 3.64. The summed E-state index contributed by atoms with van der Waals surface area (Å²) in [6.45, 7) is 9.50. The zero-order valence-corrected chi connectivity index (χ0v) is 19.3. The number of aromatic nitrogens is 2. The van der Waals surface area contributed by atoms with Gasteiger partial charge in [0.1, 0.15) is 17.3 Å². The van der Waals surface area contributed by atoms with Gasteiger partial charge in [0, 0.05) is 55.7 Å². The van der Waals surface area contributed by atoms with E-state index in [1.165, 1.54) is 0 Å². The van der Waals surface area contributed by atoms with Gasteiger partial charge in [0.15, 0.2) is 5.82 Å². The predicted molar refractivity (Wildman–Crippen MR) is 121 cm³/mol. The van der Waals surface area contributed by atoms with Crippen LogP contribution in [0.4, 0.5) is 0 Å². The Morgan fingerprint density at radius 1 is 1.03 bits per heavy atom. The average Bonchev–Trinajstić information content (AvgIpc) is 3.35. The van der Waals surface area contributed by atoms with Crippen LogP contribution in [0.25, 0.3) is 5.82 Å². The maximum Gasteiger partial charge on any atom is 0.255 e. The van der Waals surface area contributed by atoms with E-state index < -0.39 is 0 Å². The van der Waals surface area contributed by atoms with E-state index in [1.807, 2.05) is 60.6 Å². The van der Waals surface area contributed by atoms with Crippen molar-refractivity contribution in [2.45, 2.75) is 27.3 Å². The molecule has 1 aliphatic heterocycles. The number of rotatable bonds is 6. The molecular weight excluding hydrogens is 408 g/mol. The lowest BCUT2D eigenvalue weighted by Gasteiger charge is -2.35. The second-order valence-electron chi connectivity index (χ2n) is 8.16. The molecule has 0 unspecified atom stereocenters. The second-order valence-corrected chi connectivity index (χ2v) is 8.16. The van der Waals surface area contributed by atoms with E-state index in [4.69, 9.17) is 14.0 Å². The first kappa shape index (κ1) is 22.0. The van der Waals surface area contributed by atoms with Gasteiger partial charge in [0.2, 0.25) is 0 Å². The first-order chi connectivity index (χ1) is 15.4. The number of ether oxygens (including phenoxy) is 2. The van der Waals surface area contributed by atoms with Gasteiger partial charge < -0.3 is 18.9 Å². The second kappa shape index (κ2) is 9.08. The third-order valence-electron chi connectivity index (χ3n) is 6.05. The molecule has 4 rings (SSSR count). The quantitative estimate of drug-likeness (QED) is 0.588. The van der Waals surface area contributed by atoms with Crippen LogP contribution in [0.15, 0.2) is 34.9 Å². The van der Waals surface area contributed by atoms with E-state index in [2.05, 4.69) is 10.1 Å². The summed E-state index contributed by atoms with van der Waals surface area (Å²) in [5.74, 6) is 3.16. The highest BCUT2D eigenvalue weighted by Crippen LogP contribution is 2.26. The van der Waals surface area contributed by atoms with Crippen molar-refractivity contribution in [3.05, 3.63) is 58.6 Å². The molecule has 1 aliphatic rings. The van der Waals surface area contributed by atoms with Crippen molar-refractivity contribution < 1.29 is 18.8 Å². The van der Waals surface area contributed by atoms with E-state index in [0.717, 1.165) is 53.8 Å². The summed E-state index contributed by atoms with van der Waals surface area (Å²) < 4.78 is 18.1. The summed E-state index contributed by atoms with van der Waals surface area (Å²) in [6.07, 6.45) is 0. The number of nitrogens with zero attached hydrogens (tertiary/aromatic N) is 4. The van der Waals surface area contributed by atoms with Crippen molar-refractivity contribution in [2.24, 2.45) is 0 Å². The molecule has 1 fully saturated rings. The number of hydrogen-bond donors (Lipinski definition) is 0. The van der Waals surface area contributed by atoms with Gasteiger partial charge in [-0.2, -0.15) is 0 Å². The van der Waals surface area contributed by atoms with Crippen molar-refractivity contribution in [3.8, 4) is 17.3 Å². The molecule has 0 N–H and O–H groups in total. The number of hydrogen-bond acceptors (Lipinski definition) is 6. The highest BCUT2D eigenvalue weighted by atomic mass is 16.5. The van der Waals surface area contributed by atoms with Crippen molar-refractivity contribution in [2.75, 3.05) is 40.4 Å². The Balaban J connectivity index is 1.44. The van der Waals surface area contributed by atoms with Gasteiger partial charge in [-0.05, 0) is 45.0 Å². The Bertz CT molecular complexity index is 1110. The maximum atomic E-state index is 13.3. The van der Waals surface area contributed by atoms with Crippen molar-refractivity contribution in [1.29, 1.82) is 0 Å². The van der Waals surface area contributed by atoms with E-state index in [-0.39, 0.29) is 5.91 Å². The van der Waals surface area contributed by atoms with Gasteiger partial charge in [0.05, 0.1) is 19.8 Å². The van der Waals surface area contributed by atoms with Crippen LogP contribution in [-0.4, -0.2) is 65.8 Å². The molecule has 0 radical (unpaired) electrons. The molecule has 3 heterocycles. The van der Waals surface area contributed by atoms with Crippen molar-refractivity contribution >= 4 is 5.91 Å². The number of carbonyl (C=O) groups is 1.